The van der Waals surface area contributed by atoms with E-state index in [2.05, 4.69) is 45.1 Å². The third-order valence-electron chi connectivity index (χ3n) is 3.31. The van der Waals surface area contributed by atoms with Crippen LogP contribution in [-0.4, -0.2) is 24.5 Å². The molecule has 3 heteroatoms. The van der Waals surface area contributed by atoms with Crippen molar-refractivity contribution in [2.45, 2.75) is 25.3 Å². The first-order valence-electron chi connectivity index (χ1n) is 6.01. The number of likely N-dealkylation sites (tertiary alicyclic amines) is 1. The Morgan fingerprint density at radius 3 is 2.31 bits per heavy atom. The van der Waals surface area contributed by atoms with Gasteiger partial charge in [-0.15, -0.1) is 0 Å². The molecule has 1 aliphatic rings. The van der Waals surface area contributed by atoms with Crippen LogP contribution in [0.4, 0.5) is 0 Å². The average molecular weight is 283 g/mol. The third kappa shape index (κ3) is 2.84. The van der Waals surface area contributed by atoms with Crippen LogP contribution in [0.15, 0.2) is 28.7 Å². The molecule has 2 rings (SSSR count). The lowest BCUT2D eigenvalue weighted by Gasteiger charge is -2.34. The van der Waals surface area contributed by atoms with E-state index in [1.165, 1.54) is 37.9 Å². The lowest BCUT2D eigenvalue weighted by Crippen LogP contribution is -2.37. The molecule has 0 unspecified atom stereocenters. The fraction of sp³-hybridized carbons (Fsp3) is 0.538. The van der Waals surface area contributed by atoms with Crippen LogP contribution in [0.25, 0.3) is 0 Å². The highest BCUT2D eigenvalue weighted by Gasteiger charge is 2.20. The Labute approximate surface area is 106 Å². The molecule has 16 heavy (non-hydrogen) atoms. The van der Waals surface area contributed by atoms with Gasteiger partial charge < -0.3 is 5.73 Å². The predicted octanol–water partition coefficient (Wildman–Crippen LogP) is 2.93. The van der Waals surface area contributed by atoms with Crippen molar-refractivity contribution in [2.24, 2.45) is 5.73 Å². The van der Waals surface area contributed by atoms with Crippen LogP contribution in [0.5, 0.6) is 0 Å². The van der Waals surface area contributed by atoms with Crippen LogP contribution < -0.4 is 5.73 Å². The number of rotatable bonds is 3. The number of piperidine rings is 1. The van der Waals surface area contributed by atoms with Crippen molar-refractivity contribution in [3.05, 3.63) is 34.3 Å². The summed E-state index contributed by atoms with van der Waals surface area (Å²) < 4.78 is 1.13. The largest absolute Gasteiger partial charge is 0.329 e. The molecule has 0 radical (unpaired) electrons. The van der Waals surface area contributed by atoms with E-state index in [4.69, 9.17) is 5.73 Å². The molecular weight excluding hydrogens is 264 g/mol. The SMILES string of the molecule is NC[C@@H](c1ccc(Br)cc1)N1CCCCC1. The molecule has 0 amide bonds. The molecule has 0 aliphatic carbocycles. The van der Waals surface area contributed by atoms with Gasteiger partial charge in [-0.05, 0) is 43.6 Å². The zero-order valence-corrected chi connectivity index (χ0v) is 11.1. The van der Waals surface area contributed by atoms with E-state index in [1.807, 2.05) is 0 Å². The van der Waals surface area contributed by atoms with Gasteiger partial charge in [0, 0.05) is 17.1 Å². The van der Waals surface area contributed by atoms with Crippen molar-refractivity contribution in [2.75, 3.05) is 19.6 Å². The Hall–Kier alpha value is -0.380. The lowest BCUT2D eigenvalue weighted by molar-refractivity contribution is 0.167. The minimum Gasteiger partial charge on any atom is -0.329 e. The minimum absolute atomic E-state index is 0.397. The molecule has 88 valence electrons. The maximum Gasteiger partial charge on any atom is 0.0470 e. The van der Waals surface area contributed by atoms with Gasteiger partial charge in [-0.3, -0.25) is 4.90 Å². The summed E-state index contributed by atoms with van der Waals surface area (Å²) in [5, 5.41) is 0. The van der Waals surface area contributed by atoms with Crippen molar-refractivity contribution in [3.63, 3.8) is 0 Å². The Kier molecular flexibility index (Phi) is 4.38. The number of nitrogens with zero attached hydrogens (tertiary/aromatic N) is 1. The standard InChI is InChI=1S/C13H19BrN2/c14-12-6-4-11(5-7-12)13(10-15)16-8-2-1-3-9-16/h4-7,13H,1-3,8-10,15H2/t13-/m0/s1. The summed E-state index contributed by atoms with van der Waals surface area (Å²) in [6.45, 7) is 3.09. The van der Waals surface area contributed by atoms with Crippen molar-refractivity contribution < 1.29 is 0 Å². The van der Waals surface area contributed by atoms with E-state index < -0.39 is 0 Å². The average Bonchev–Trinajstić information content (AvgIpc) is 2.34. The summed E-state index contributed by atoms with van der Waals surface area (Å²) in [7, 11) is 0. The van der Waals surface area contributed by atoms with Crippen LogP contribution >= 0.6 is 15.9 Å². The fourth-order valence-corrected chi connectivity index (χ4v) is 2.68. The van der Waals surface area contributed by atoms with Crippen LogP contribution in [0.3, 0.4) is 0 Å². The van der Waals surface area contributed by atoms with Gasteiger partial charge in [-0.2, -0.15) is 0 Å². The van der Waals surface area contributed by atoms with Gasteiger partial charge >= 0.3 is 0 Å². The van der Waals surface area contributed by atoms with Crippen molar-refractivity contribution in [1.82, 2.24) is 4.90 Å². The molecule has 0 spiro atoms. The van der Waals surface area contributed by atoms with Crippen molar-refractivity contribution in [3.8, 4) is 0 Å². The van der Waals surface area contributed by atoms with E-state index in [1.54, 1.807) is 0 Å². The van der Waals surface area contributed by atoms with Crippen molar-refractivity contribution >= 4 is 15.9 Å². The molecular formula is C13H19BrN2. The first-order valence-corrected chi connectivity index (χ1v) is 6.80. The van der Waals surface area contributed by atoms with Gasteiger partial charge in [0.2, 0.25) is 0 Å². The summed E-state index contributed by atoms with van der Waals surface area (Å²) >= 11 is 3.47. The Morgan fingerprint density at radius 1 is 1.12 bits per heavy atom. The fourth-order valence-electron chi connectivity index (χ4n) is 2.41. The van der Waals surface area contributed by atoms with Gasteiger partial charge in [-0.1, -0.05) is 34.5 Å². The third-order valence-corrected chi connectivity index (χ3v) is 3.84. The second kappa shape index (κ2) is 5.80. The summed E-state index contributed by atoms with van der Waals surface area (Å²) in [5.41, 5.74) is 7.26. The summed E-state index contributed by atoms with van der Waals surface area (Å²) in [4.78, 5) is 2.52. The van der Waals surface area contributed by atoms with Gasteiger partial charge in [-0.25, -0.2) is 0 Å². The molecule has 1 aromatic rings. The van der Waals surface area contributed by atoms with Crippen LogP contribution in [0.1, 0.15) is 30.9 Å². The molecule has 1 aliphatic heterocycles. The quantitative estimate of drug-likeness (QED) is 0.924. The topological polar surface area (TPSA) is 29.3 Å². The molecule has 1 heterocycles. The predicted molar refractivity (Wildman–Crippen MR) is 71.4 cm³/mol. The molecule has 1 aromatic carbocycles. The number of hydrogen-bond acceptors (Lipinski definition) is 2. The summed E-state index contributed by atoms with van der Waals surface area (Å²) in [5.74, 6) is 0. The van der Waals surface area contributed by atoms with Crippen LogP contribution in [0, 0.1) is 0 Å². The zero-order chi connectivity index (χ0) is 11.4. The van der Waals surface area contributed by atoms with Gasteiger partial charge in [0.25, 0.3) is 0 Å². The molecule has 1 atom stereocenters. The molecule has 1 saturated heterocycles. The second-order valence-corrected chi connectivity index (χ2v) is 5.32. The van der Waals surface area contributed by atoms with Gasteiger partial charge in [0.05, 0.1) is 0 Å². The zero-order valence-electron chi connectivity index (χ0n) is 9.53. The highest BCUT2D eigenvalue weighted by atomic mass is 79.9. The smallest absolute Gasteiger partial charge is 0.0470 e. The maximum absolute atomic E-state index is 5.92. The molecule has 0 aromatic heterocycles. The number of halogens is 1. The minimum atomic E-state index is 0.397. The van der Waals surface area contributed by atoms with E-state index in [9.17, 15) is 0 Å². The second-order valence-electron chi connectivity index (χ2n) is 4.40. The molecule has 2 N–H and O–H groups in total. The first kappa shape index (κ1) is 12.1. The Balaban J connectivity index is 2.11. The molecule has 0 saturated carbocycles. The Morgan fingerprint density at radius 2 is 1.75 bits per heavy atom. The van der Waals surface area contributed by atoms with Gasteiger partial charge in [0.1, 0.15) is 0 Å². The normalized spacial score (nSPS) is 19.6. The molecule has 1 fully saturated rings. The number of hydrogen-bond donors (Lipinski definition) is 1. The van der Waals surface area contributed by atoms with Crippen LogP contribution in [0.2, 0.25) is 0 Å². The highest BCUT2D eigenvalue weighted by Crippen LogP contribution is 2.24. The monoisotopic (exact) mass is 282 g/mol. The highest BCUT2D eigenvalue weighted by molar-refractivity contribution is 9.10. The summed E-state index contributed by atoms with van der Waals surface area (Å²) in [6.07, 6.45) is 3.99. The summed E-state index contributed by atoms with van der Waals surface area (Å²) in [6, 6.07) is 8.95. The van der Waals surface area contributed by atoms with Crippen LogP contribution in [-0.2, 0) is 0 Å². The molecule has 2 nitrogen and oxygen atoms in total. The van der Waals surface area contributed by atoms with E-state index in [0.717, 1.165) is 4.47 Å². The number of benzene rings is 1. The van der Waals surface area contributed by atoms with Crippen molar-refractivity contribution in [1.29, 1.82) is 0 Å². The maximum atomic E-state index is 5.92. The number of nitrogens with two attached hydrogens (primary N) is 1. The van der Waals surface area contributed by atoms with E-state index >= 15 is 0 Å². The van der Waals surface area contributed by atoms with Gasteiger partial charge in [0.15, 0.2) is 0 Å². The Bertz CT molecular complexity index is 317. The first-order chi connectivity index (χ1) is 7.81. The molecule has 0 bridgehead atoms. The lowest BCUT2D eigenvalue weighted by atomic mass is 10.0. The van der Waals surface area contributed by atoms with E-state index in [-0.39, 0.29) is 0 Å². The van der Waals surface area contributed by atoms with E-state index in [0.29, 0.717) is 12.6 Å².